The minimum absolute atomic E-state index is 0.0481. The average Bonchev–Trinajstić information content (AvgIpc) is 2.48. The Morgan fingerprint density at radius 3 is 3.24 bits per heavy atom. The van der Waals surface area contributed by atoms with Crippen LogP contribution in [0.15, 0.2) is 4.99 Å². The molecule has 0 aliphatic carbocycles. The lowest BCUT2D eigenvalue weighted by Gasteiger charge is -2.13. The maximum Gasteiger partial charge on any atom is 0.321 e. The Morgan fingerprint density at radius 2 is 2.53 bits per heavy atom. The molecule has 98 valence electrons. The van der Waals surface area contributed by atoms with Crippen LogP contribution >= 0.6 is 0 Å². The third kappa shape index (κ3) is 5.62. The van der Waals surface area contributed by atoms with E-state index >= 15 is 0 Å². The Hall–Kier alpha value is -1.18. The van der Waals surface area contributed by atoms with E-state index in [1.165, 1.54) is 0 Å². The number of nitrogens with two attached hydrogens (primary N) is 1. The van der Waals surface area contributed by atoms with Crippen molar-refractivity contribution < 1.29 is 14.6 Å². The van der Waals surface area contributed by atoms with E-state index in [-0.39, 0.29) is 6.04 Å². The lowest BCUT2D eigenvalue weighted by atomic mass is 10.2. The van der Waals surface area contributed by atoms with Crippen molar-refractivity contribution in [3.05, 3.63) is 0 Å². The normalized spacial score (nSPS) is 22.6. The molecule has 0 saturated carbocycles. The molecule has 0 radical (unpaired) electrons. The summed E-state index contributed by atoms with van der Waals surface area (Å²) in [5, 5.41) is 8.64. The first kappa shape index (κ1) is 13.9. The molecule has 1 heterocycles. The van der Waals surface area contributed by atoms with E-state index in [1.807, 2.05) is 0 Å². The first-order chi connectivity index (χ1) is 8.09. The van der Waals surface area contributed by atoms with Gasteiger partial charge in [0.15, 0.2) is 0 Å². The Kier molecular flexibility index (Phi) is 5.88. The van der Waals surface area contributed by atoms with Crippen molar-refractivity contribution in [3.8, 4) is 0 Å². The fourth-order valence-electron chi connectivity index (χ4n) is 1.41. The predicted octanol–water partition coefficient (Wildman–Crippen LogP) is -0.910. The smallest absolute Gasteiger partial charge is 0.321 e. The highest BCUT2D eigenvalue weighted by molar-refractivity contribution is 5.80. The number of ether oxygens (including phenoxy) is 1. The van der Waals surface area contributed by atoms with E-state index in [0.29, 0.717) is 32.0 Å². The molecular weight excluding hydrogens is 224 g/mol. The Balaban J connectivity index is 2.17. The number of hydrazine groups is 1. The fraction of sp³-hybridized carbons (Fsp3) is 0.800. The number of hydrogen-bond donors (Lipinski definition) is 4. The molecule has 0 amide bonds. The molecular formula is C10H20N4O3. The van der Waals surface area contributed by atoms with Gasteiger partial charge in [-0.25, -0.2) is 5.43 Å². The molecule has 0 bridgehead atoms. The Labute approximate surface area is 100 Å². The molecule has 17 heavy (non-hydrogen) atoms. The van der Waals surface area contributed by atoms with Gasteiger partial charge in [-0.2, -0.15) is 0 Å². The van der Waals surface area contributed by atoms with Crippen LogP contribution in [0.4, 0.5) is 0 Å². The number of nitrogens with one attached hydrogen (secondary N) is 2. The molecule has 0 aromatic rings. The molecule has 5 N–H and O–H groups in total. The Morgan fingerprint density at radius 1 is 1.76 bits per heavy atom. The minimum Gasteiger partial charge on any atom is -0.480 e. The monoisotopic (exact) mass is 244 g/mol. The average molecular weight is 244 g/mol. The zero-order valence-electron chi connectivity index (χ0n) is 9.98. The number of hydrogen-bond acceptors (Lipinski definition) is 6. The summed E-state index contributed by atoms with van der Waals surface area (Å²) < 4.78 is 5.36. The van der Waals surface area contributed by atoms with Crippen LogP contribution in [0.25, 0.3) is 0 Å². The van der Waals surface area contributed by atoms with Crippen molar-refractivity contribution in [2.24, 2.45) is 10.7 Å². The first-order valence-electron chi connectivity index (χ1n) is 5.70. The van der Waals surface area contributed by atoms with Crippen LogP contribution < -0.4 is 16.6 Å². The molecule has 2 atom stereocenters. The number of aliphatic carboxylic acids is 1. The summed E-state index contributed by atoms with van der Waals surface area (Å²) in [6, 6.07) is -0.569. The number of amidine groups is 1. The highest BCUT2D eigenvalue weighted by atomic mass is 16.5. The molecule has 7 nitrogen and oxygen atoms in total. The van der Waals surface area contributed by atoms with Crippen LogP contribution in [0.3, 0.4) is 0 Å². The van der Waals surface area contributed by atoms with Crippen molar-refractivity contribution in [2.45, 2.75) is 31.8 Å². The van der Waals surface area contributed by atoms with Crippen molar-refractivity contribution in [2.75, 3.05) is 19.8 Å². The van der Waals surface area contributed by atoms with E-state index in [1.54, 1.807) is 6.92 Å². The van der Waals surface area contributed by atoms with Crippen LogP contribution in [0.5, 0.6) is 0 Å². The third-order valence-electron chi connectivity index (χ3n) is 2.45. The number of aliphatic imine (C=N–C) groups is 1. The molecule has 1 rings (SSSR count). The predicted molar refractivity (Wildman–Crippen MR) is 63.7 cm³/mol. The Bertz CT molecular complexity index is 283. The van der Waals surface area contributed by atoms with E-state index in [9.17, 15) is 4.79 Å². The molecule has 0 aromatic carbocycles. The quantitative estimate of drug-likeness (QED) is 0.356. The van der Waals surface area contributed by atoms with E-state index in [2.05, 4.69) is 15.8 Å². The van der Waals surface area contributed by atoms with Crippen molar-refractivity contribution in [3.63, 3.8) is 0 Å². The molecule has 1 aliphatic rings. The minimum atomic E-state index is -0.891. The van der Waals surface area contributed by atoms with Crippen LogP contribution in [0.1, 0.15) is 19.8 Å². The number of carboxylic acids is 1. The summed E-state index contributed by atoms with van der Waals surface area (Å²) in [6.45, 7) is 3.37. The third-order valence-corrected chi connectivity index (χ3v) is 2.45. The van der Waals surface area contributed by atoms with E-state index in [0.717, 1.165) is 6.42 Å². The van der Waals surface area contributed by atoms with Gasteiger partial charge in [-0.1, -0.05) is 0 Å². The standard InChI is InChI=1S/C10H20N4O3/c1-7(10(15)16)14-12-4-2-8-6-17-5-3-9(11)13-8/h7-8,12,14H,2-6H2,1H3,(H2,11,13)(H,15,16)/t7-,8?/m0/s1. The molecule has 0 fully saturated rings. The summed E-state index contributed by atoms with van der Waals surface area (Å²) in [6.07, 6.45) is 1.43. The molecule has 0 spiro atoms. The lowest BCUT2D eigenvalue weighted by molar-refractivity contribution is -0.139. The number of rotatable bonds is 6. The van der Waals surface area contributed by atoms with Gasteiger partial charge in [-0.15, -0.1) is 0 Å². The number of carbonyl (C=O) groups is 1. The van der Waals surface area contributed by atoms with Gasteiger partial charge >= 0.3 is 5.97 Å². The zero-order chi connectivity index (χ0) is 12.7. The fourth-order valence-corrected chi connectivity index (χ4v) is 1.41. The second-order valence-corrected chi connectivity index (χ2v) is 4.02. The highest BCUT2D eigenvalue weighted by Crippen LogP contribution is 2.03. The van der Waals surface area contributed by atoms with Gasteiger partial charge < -0.3 is 15.6 Å². The van der Waals surface area contributed by atoms with Gasteiger partial charge in [0.25, 0.3) is 0 Å². The molecule has 0 aromatic heterocycles. The molecule has 1 aliphatic heterocycles. The van der Waals surface area contributed by atoms with Gasteiger partial charge in [0.05, 0.1) is 25.1 Å². The van der Waals surface area contributed by atoms with Crippen molar-refractivity contribution in [1.82, 2.24) is 10.9 Å². The summed E-state index contributed by atoms with van der Waals surface area (Å²) in [5.41, 5.74) is 11.2. The largest absolute Gasteiger partial charge is 0.480 e. The van der Waals surface area contributed by atoms with Gasteiger partial charge in [-0.3, -0.25) is 15.2 Å². The van der Waals surface area contributed by atoms with Crippen molar-refractivity contribution in [1.29, 1.82) is 0 Å². The van der Waals surface area contributed by atoms with Crippen LogP contribution in [0.2, 0.25) is 0 Å². The zero-order valence-corrected chi connectivity index (χ0v) is 9.98. The maximum atomic E-state index is 10.5. The summed E-state index contributed by atoms with van der Waals surface area (Å²) in [5.74, 6) is -0.267. The van der Waals surface area contributed by atoms with Crippen LogP contribution in [-0.2, 0) is 9.53 Å². The second-order valence-electron chi connectivity index (χ2n) is 4.02. The first-order valence-corrected chi connectivity index (χ1v) is 5.70. The molecule has 0 saturated heterocycles. The van der Waals surface area contributed by atoms with Gasteiger partial charge in [0.2, 0.25) is 0 Å². The van der Waals surface area contributed by atoms with E-state index < -0.39 is 12.0 Å². The van der Waals surface area contributed by atoms with Crippen molar-refractivity contribution >= 4 is 11.8 Å². The number of carboxylic acid groups (broad SMARTS) is 1. The molecule has 7 heteroatoms. The topological polar surface area (TPSA) is 109 Å². The highest BCUT2D eigenvalue weighted by Gasteiger charge is 2.13. The van der Waals surface area contributed by atoms with Gasteiger partial charge in [0, 0.05) is 13.0 Å². The number of nitrogens with zero attached hydrogens (tertiary/aromatic N) is 1. The summed E-state index contributed by atoms with van der Waals surface area (Å²) >= 11 is 0. The van der Waals surface area contributed by atoms with Crippen LogP contribution in [0, 0.1) is 0 Å². The SMILES string of the molecule is C[C@H](NNCCC1COCCC(N)=N1)C(=O)O. The molecule has 1 unspecified atom stereocenters. The van der Waals surface area contributed by atoms with Gasteiger partial charge in [-0.05, 0) is 13.3 Å². The van der Waals surface area contributed by atoms with E-state index in [4.69, 9.17) is 15.6 Å². The maximum absolute atomic E-state index is 10.5. The lowest BCUT2D eigenvalue weighted by Crippen LogP contribution is -2.44. The summed E-state index contributed by atoms with van der Waals surface area (Å²) in [7, 11) is 0. The summed E-state index contributed by atoms with van der Waals surface area (Å²) in [4.78, 5) is 14.8. The van der Waals surface area contributed by atoms with Gasteiger partial charge in [0.1, 0.15) is 6.04 Å². The second kappa shape index (κ2) is 7.21. The van der Waals surface area contributed by atoms with Crippen LogP contribution in [-0.4, -0.2) is 48.8 Å².